The van der Waals surface area contributed by atoms with Gasteiger partial charge in [-0.3, -0.25) is 0 Å². The van der Waals surface area contributed by atoms with Crippen LogP contribution in [0.15, 0.2) is 4.30 Å². The maximum absolute atomic E-state index is 4.51. The van der Waals surface area contributed by atoms with E-state index < -0.39 is 8.20 Å². The molecule has 0 aliphatic heterocycles. The van der Waals surface area contributed by atoms with E-state index in [1.165, 1.54) is 6.35 Å². The Hall–Kier alpha value is 1.00. The van der Waals surface area contributed by atoms with Crippen molar-refractivity contribution in [3.05, 3.63) is 0 Å². The normalized spacial score (nSPS) is 9.67. The Kier molecular flexibility index (Phi) is 4.87. The van der Waals surface area contributed by atoms with E-state index in [4.69, 9.17) is 0 Å². The number of hydrogen-bond acceptors (Lipinski definition) is 2. The van der Waals surface area contributed by atoms with Gasteiger partial charge in [-0.15, -0.1) is 0 Å². The van der Waals surface area contributed by atoms with Crippen molar-refractivity contribution in [2.45, 2.75) is 0 Å². The van der Waals surface area contributed by atoms with Crippen molar-refractivity contribution in [2.24, 2.45) is 4.30 Å². The molecule has 0 aliphatic carbocycles. The molecule has 0 spiro atoms. The van der Waals surface area contributed by atoms with Gasteiger partial charge in [-0.1, -0.05) is 0 Å². The predicted octanol–water partition coefficient (Wildman–Crippen LogP) is -0.0916. The van der Waals surface area contributed by atoms with Crippen molar-refractivity contribution in [1.29, 1.82) is 0 Å². The van der Waals surface area contributed by atoms with Crippen LogP contribution in [-0.4, -0.2) is 6.35 Å². The minimum atomic E-state index is -0.941. The van der Waals surface area contributed by atoms with Crippen LogP contribution < -0.4 is 0 Å². The molecule has 0 aliphatic rings. The Morgan fingerprint density at radius 3 is 2.17 bits per heavy atom. The summed E-state index contributed by atoms with van der Waals surface area (Å²) < 4.78 is 3.56. The number of hydrogen-bond donors (Lipinski definition) is 2. The molecule has 0 bridgehead atoms. The molecule has 6 heavy (non-hydrogen) atoms. The van der Waals surface area contributed by atoms with E-state index in [0.717, 1.165) is 0 Å². The van der Waals surface area contributed by atoms with Gasteiger partial charge >= 0.3 is 53.7 Å². The molecule has 0 aromatic carbocycles. The number of thiol groups is 2. The van der Waals surface area contributed by atoms with E-state index in [1.807, 2.05) is 0 Å². The van der Waals surface area contributed by atoms with E-state index in [0.29, 0.717) is 0 Å². The van der Waals surface area contributed by atoms with Crippen molar-refractivity contribution < 1.29 is 0 Å². The summed E-state index contributed by atoms with van der Waals surface area (Å²) in [6.45, 7) is 0. The molecule has 0 saturated heterocycles. The van der Waals surface area contributed by atoms with Crippen molar-refractivity contribution in [3.63, 3.8) is 0 Å². The van der Waals surface area contributed by atoms with Crippen molar-refractivity contribution in [1.82, 2.24) is 0 Å². The summed E-state index contributed by atoms with van der Waals surface area (Å²) in [7, 11) is -0.941. The van der Waals surface area contributed by atoms with Gasteiger partial charge in [0.1, 0.15) is 0 Å². The third-order valence-electron chi connectivity index (χ3n) is 0.146. The Morgan fingerprint density at radius 1 is 1.67 bits per heavy atom. The van der Waals surface area contributed by atoms with Crippen LogP contribution in [-0.2, 0) is 30.6 Å². The van der Waals surface area contributed by atoms with Gasteiger partial charge < -0.3 is 0 Å². The van der Waals surface area contributed by atoms with Gasteiger partial charge in [0, 0.05) is 0 Å². The van der Waals surface area contributed by atoms with Crippen LogP contribution in [0.4, 0.5) is 0 Å². The van der Waals surface area contributed by atoms with Crippen molar-refractivity contribution in [3.8, 4) is 0 Å². The molecule has 0 unspecified atom stereocenters. The standard InChI is InChI=1S/BH2NS4/c3-1-2-6(4)5/h3,6H. The maximum atomic E-state index is 4.51. The molecule has 1 nitrogen and oxygen atoms in total. The Morgan fingerprint density at radius 2 is 2.17 bits per heavy atom. The summed E-state index contributed by atoms with van der Waals surface area (Å²) >= 11 is 12.7. The molecule has 0 aromatic rings. The first-order chi connectivity index (χ1) is 2.77. The molecule has 0 rings (SSSR count). The van der Waals surface area contributed by atoms with Crippen molar-refractivity contribution in [2.75, 3.05) is 0 Å². The van der Waals surface area contributed by atoms with Gasteiger partial charge in [0.2, 0.25) is 0 Å². The van der Waals surface area contributed by atoms with Crippen LogP contribution in [0.1, 0.15) is 0 Å². The van der Waals surface area contributed by atoms with Gasteiger partial charge in [-0.25, -0.2) is 0 Å². The predicted molar refractivity (Wildman–Crippen MR) is 40.7 cm³/mol. The second-order valence-corrected chi connectivity index (χ2v) is 4.17. The van der Waals surface area contributed by atoms with Crippen LogP contribution in [0.5, 0.6) is 0 Å². The van der Waals surface area contributed by atoms with Crippen LogP contribution in [0.2, 0.25) is 0 Å². The van der Waals surface area contributed by atoms with Gasteiger partial charge in [0.05, 0.1) is 0 Å². The van der Waals surface area contributed by atoms with E-state index >= 15 is 0 Å². The zero-order valence-corrected chi connectivity index (χ0v) is 6.16. The van der Waals surface area contributed by atoms with Crippen LogP contribution in [0.25, 0.3) is 0 Å². The topological polar surface area (TPSA) is 12.4 Å². The van der Waals surface area contributed by atoms with Gasteiger partial charge in [0.15, 0.2) is 0 Å². The second-order valence-electron chi connectivity index (χ2n) is 0.469. The fourth-order valence-corrected chi connectivity index (χ4v) is 1.14. The minimum absolute atomic E-state index is 0.941. The van der Waals surface area contributed by atoms with E-state index in [2.05, 4.69) is 39.2 Å². The molecule has 0 amide bonds. The average molecular weight is 155 g/mol. The first kappa shape index (κ1) is 7.00. The zero-order valence-electron chi connectivity index (χ0n) is 2.74. The Labute approximate surface area is 53.8 Å². The van der Waals surface area contributed by atoms with Crippen LogP contribution >= 0.6 is 12.5 Å². The fraction of sp³-hybridized carbons (Fsp3) is 0. The number of nitrogens with zero attached hydrogens (tertiary/aromatic N) is 1. The molecule has 0 radical (unpaired) electrons. The average Bonchev–Trinajstić information content (AvgIpc) is 1.35. The number of rotatable bonds is 1. The summed E-state index contributed by atoms with van der Waals surface area (Å²) in [5.41, 5.74) is 0. The van der Waals surface area contributed by atoms with Crippen LogP contribution in [0, 0.1) is 0 Å². The molecule has 0 N–H and O–H groups in total. The zero-order chi connectivity index (χ0) is 4.99. The molecule has 0 heterocycles. The van der Waals surface area contributed by atoms with Crippen molar-refractivity contribution >= 4 is 49.4 Å². The summed E-state index contributed by atoms with van der Waals surface area (Å²) in [6.07, 6.45) is 1.34. The van der Waals surface area contributed by atoms with Crippen LogP contribution in [0.3, 0.4) is 0 Å². The quantitative estimate of drug-likeness (QED) is 0.405. The van der Waals surface area contributed by atoms with E-state index in [-0.39, 0.29) is 0 Å². The molecule has 6 heteroatoms. The summed E-state index contributed by atoms with van der Waals surface area (Å²) in [6, 6.07) is 0. The molecule has 0 aromatic heterocycles. The molecule has 0 atom stereocenters. The monoisotopic (exact) mass is 155 g/mol. The molecule has 0 fully saturated rings. The Bertz CT molecular complexity index is 103. The Balaban J connectivity index is 3.62. The molecule has 0 saturated carbocycles. The summed E-state index contributed by atoms with van der Waals surface area (Å²) in [5.74, 6) is 0. The SMILES string of the molecule is S=[SH](=S)/N=B/S. The molecular weight excluding hydrogens is 153 g/mol. The third-order valence-corrected chi connectivity index (χ3v) is 1.31. The summed E-state index contributed by atoms with van der Waals surface area (Å²) in [4.78, 5) is 0. The van der Waals surface area contributed by atoms with E-state index in [1.54, 1.807) is 0 Å². The molecule has 34 valence electrons. The first-order valence-corrected chi connectivity index (χ1v) is 4.92. The van der Waals surface area contributed by atoms with Gasteiger partial charge in [-0.2, -0.15) is 0 Å². The van der Waals surface area contributed by atoms with Gasteiger partial charge in [-0.05, 0) is 0 Å². The second kappa shape index (κ2) is 4.17. The van der Waals surface area contributed by atoms with E-state index in [9.17, 15) is 0 Å². The third kappa shape index (κ3) is 5.00. The summed E-state index contributed by atoms with van der Waals surface area (Å²) in [5, 5.41) is 0. The van der Waals surface area contributed by atoms with Gasteiger partial charge in [0.25, 0.3) is 0 Å². The fourth-order valence-electron chi connectivity index (χ4n) is 0.0422. The first-order valence-electron chi connectivity index (χ1n) is 1.08. The molecular formula is H2BNS4.